The van der Waals surface area contributed by atoms with Gasteiger partial charge in [-0.1, -0.05) is 121 Å². The third-order valence-electron chi connectivity index (χ3n) is 8.69. The molecule has 7 rings (SSSR count). The topological polar surface area (TPSA) is 23.1 Å². The first-order valence-electron chi connectivity index (χ1n) is 17.6. The summed E-state index contributed by atoms with van der Waals surface area (Å²) >= 11 is 1.46. The molecule has 6 aromatic rings. The van der Waals surface area contributed by atoms with E-state index in [1.54, 1.807) is 6.07 Å². The van der Waals surface area contributed by atoms with Crippen LogP contribution in [0.1, 0.15) is 84.1 Å². The van der Waals surface area contributed by atoms with Crippen LogP contribution >= 0.6 is 0 Å². The van der Waals surface area contributed by atoms with Crippen LogP contribution < -0.4 is 17.5 Å². The summed E-state index contributed by atoms with van der Waals surface area (Å²) in [5.74, 6) is 0.834. The van der Waals surface area contributed by atoms with Crippen molar-refractivity contribution in [1.29, 1.82) is 0 Å². The average Bonchev–Trinajstić information content (AvgIpc) is 3.78. The van der Waals surface area contributed by atoms with Gasteiger partial charge in [-0.2, -0.15) is 11.6 Å². The summed E-state index contributed by atoms with van der Waals surface area (Å²) in [5, 5.41) is 17.1. The zero-order valence-corrected chi connectivity index (χ0v) is 34.6. The molecular weight excluding hydrogens is 719 g/mol. The van der Waals surface area contributed by atoms with E-state index >= 15 is 0 Å². The summed E-state index contributed by atoms with van der Waals surface area (Å²) in [7, 11) is 0. The van der Waals surface area contributed by atoms with E-state index in [4.69, 9.17) is 0 Å². The van der Waals surface area contributed by atoms with Gasteiger partial charge in [-0.3, -0.25) is 6.08 Å². The average molecular weight is 771 g/mol. The predicted octanol–water partition coefficient (Wildman–Crippen LogP) is 9.21. The van der Waals surface area contributed by atoms with E-state index in [2.05, 4.69) is 195 Å². The van der Waals surface area contributed by atoms with Gasteiger partial charge in [0.1, 0.15) is 0 Å². The first kappa shape index (κ1) is 41.7. The molecule has 0 aliphatic heterocycles. The fourth-order valence-electron chi connectivity index (χ4n) is 5.68. The first-order chi connectivity index (χ1) is 23.8. The third-order valence-corrected chi connectivity index (χ3v) is 10.1. The number of fused-ring (bicyclic) bond motifs is 3. The maximum atomic E-state index is 11.7. The molecule has 3 heteroatoms. The van der Waals surface area contributed by atoms with Crippen molar-refractivity contribution < 1.29 is 41.7 Å². The third kappa shape index (κ3) is 12.2. The number of hydrogen-bond acceptors (Lipinski definition) is 1. The monoisotopic (exact) mass is 768 g/mol. The van der Waals surface area contributed by atoms with Crippen LogP contribution in [0, 0.1) is 12.0 Å². The molecule has 0 aromatic heterocycles. The number of hydrogen-bond donors (Lipinski definition) is 0. The van der Waals surface area contributed by atoms with Crippen LogP contribution in [0.3, 0.4) is 0 Å². The fourth-order valence-corrected chi connectivity index (χ4v) is 6.50. The molecule has 6 aromatic carbocycles. The summed E-state index contributed by atoms with van der Waals surface area (Å²) < 4.78 is 1.42. The van der Waals surface area contributed by atoms with E-state index in [0.717, 1.165) is 12.0 Å². The number of halogens is 1. The molecule has 0 radical (unpaired) electrons. The van der Waals surface area contributed by atoms with E-state index in [1.807, 2.05) is 6.07 Å². The molecule has 0 saturated carbocycles. The molecule has 0 saturated heterocycles. The van der Waals surface area contributed by atoms with Gasteiger partial charge in [0.15, 0.2) is 0 Å². The number of benzene rings is 5. The Kier molecular flexibility index (Phi) is 15.7. The molecule has 1 aliphatic rings. The van der Waals surface area contributed by atoms with E-state index < -0.39 is 0 Å². The normalized spacial score (nSPS) is 12.1. The van der Waals surface area contributed by atoms with Crippen molar-refractivity contribution >= 4 is 24.8 Å². The maximum Gasteiger partial charge on any atom is -0.0771 e. The van der Waals surface area contributed by atoms with Crippen LogP contribution in [0.25, 0.3) is 21.5 Å². The van der Waals surface area contributed by atoms with Crippen LogP contribution in [0.4, 0.5) is 0 Å². The van der Waals surface area contributed by atoms with Crippen LogP contribution in [-0.4, -0.2) is 3.21 Å². The Hall–Kier alpha value is -3.71. The number of rotatable bonds is 3. The SMILES string of the molecule is CC(C)(C)c1ccc([O-])c(C(C)(C)C)c1.CC(C)C1=CC[C-]=C1.[Cl-].[Zr+2]=[C](c1ccccc1)c1ccccc1.c1ccc2c(c1)[cH-]c1ccccc12. The molecule has 262 valence electrons. The zero-order valence-electron chi connectivity index (χ0n) is 31.4. The predicted molar refractivity (Wildman–Crippen MR) is 212 cm³/mol. The maximum absolute atomic E-state index is 11.7. The van der Waals surface area contributed by atoms with Crippen LogP contribution in [0.5, 0.6) is 5.75 Å². The van der Waals surface area contributed by atoms with E-state index in [9.17, 15) is 5.11 Å². The molecule has 0 spiro atoms. The van der Waals surface area contributed by atoms with Crippen molar-refractivity contribution in [2.75, 3.05) is 0 Å². The van der Waals surface area contributed by atoms with Gasteiger partial charge in [0.2, 0.25) is 0 Å². The molecule has 51 heavy (non-hydrogen) atoms. The standard InChI is InChI=1S/C14H22O.C13H9.C13H10.C8H11.ClH.Zr/c1-13(2,3)10-7-8-12(15)11(9-10)14(4,5)6;1-3-7-12-10(5-1)9-11-6-2-4-8-13(11)12;1-3-7-12(8-4-1)11-13-9-5-2-6-10-13;1-7(2)8-5-3-4-6-8;;/h7-9,15H,1-6H3;1-9H;1-10H;5-7H,3H2,1-2H3;1H;/q;-1;;-1;;+2/p-2. The Balaban J connectivity index is 0.000000186. The van der Waals surface area contributed by atoms with Crippen LogP contribution in [0.15, 0.2) is 151 Å². The molecule has 0 unspecified atom stereocenters. The summed E-state index contributed by atoms with van der Waals surface area (Å²) in [5.41, 5.74) is 6.27. The Labute approximate surface area is 328 Å². The second kappa shape index (κ2) is 19.2. The quantitative estimate of drug-likeness (QED) is 0.165. The minimum absolute atomic E-state index is 0. The zero-order chi connectivity index (χ0) is 36.3. The fraction of sp³-hybridized carbons (Fsp3) is 0.250. The molecule has 0 amide bonds. The first-order valence-corrected chi connectivity index (χ1v) is 18.8. The molecule has 0 atom stereocenters. The van der Waals surface area contributed by atoms with Gasteiger partial charge in [0, 0.05) is 0 Å². The van der Waals surface area contributed by atoms with Gasteiger partial charge in [-0.25, -0.2) is 6.08 Å². The summed E-state index contributed by atoms with van der Waals surface area (Å²) in [6.07, 6.45) is 8.47. The molecule has 0 heterocycles. The van der Waals surface area contributed by atoms with Crippen LogP contribution in [0.2, 0.25) is 0 Å². The smallest absolute Gasteiger partial charge is 0.0771 e. The van der Waals surface area contributed by atoms with Gasteiger partial charge >= 0.3 is 99.2 Å². The minimum Gasteiger partial charge on any atom is -0.126 e. The molecule has 0 N–H and O–H groups in total. The molecular formula is C48H51ClOZr-2. The van der Waals surface area contributed by atoms with E-state index in [-0.39, 0.29) is 29.0 Å². The van der Waals surface area contributed by atoms with E-state index in [0.29, 0.717) is 5.92 Å². The van der Waals surface area contributed by atoms with Gasteiger partial charge in [0.25, 0.3) is 0 Å². The second-order valence-corrected chi connectivity index (χ2v) is 16.3. The van der Waals surface area contributed by atoms with Crippen molar-refractivity contribution in [3.63, 3.8) is 0 Å². The van der Waals surface area contributed by atoms with E-state index in [1.165, 1.54) is 71.2 Å². The Bertz CT molecular complexity index is 1940. The van der Waals surface area contributed by atoms with Gasteiger partial charge < -0.3 is 17.5 Å². The summed E-state index contributed by atoms with van der Waals surface area (Å²) in [6.45, 7) is 17.1. The van der Waals surface area contributed by atoms with Crippen molar-refractivity contribution in [3.05, 3.63) is 180 Å². The molecule has 1 aliphatic carbocycles. The number of allylic oxidation sites excluding steroid dienone is 4. The van der Waals surface area contributed by atoms with Crippen molar-refractivity contribution in [3.8, 4) is 5.75 Å². The van der Waals surface area contributed by atoms with Crippen molar-refractivity contribution in [2.24, 2.45) is 5.92 Å². The Morgan fingerprint density at radius 3 is 1.53 bits per heavy atom. The minimum atomic E-state index is -0.0711. The van der Waals surface area contributed by atoms with Gasteiger partial charge in [0.05, 0.1) is 0 Å². The summed E-state index contributed by atoms with van der Waals surface area (Å²) in [4.78, 5) is 0. The Morgan fingerprint density at radius 2 is 1.14 bits per heavy atom. The van der Waals surface area contributed by atoms with Crippen LogP contribution in [-0.2, 0) is 35.1 Å². The van der Waals surface area contributed by atoms with Gasteiger partial charge in [-0.05, 0) is 16.4 Å². The van der Waals surface area contributed by atoms with Crippen molar-refractivity contribution in [1.82, 2.24) is 0 Å². The molecule has 1 nitrogen and oxygen atoms in total. The molecule has 0 bridgehead atoms. The second-order valence-electron chi connectivity index (χ2n) is 15.0. The van der Waals surface area contributed by atoms with Gasteiger partial charge in [-0.15, -0.1) is 51.9 Å². The summed E-state index contributed by atoms with van der Waals surface area (Å²) in [6, 6.07) is 46.1. The van der Waals surface area contributed by atoms with Crippen molar-refractivity contribution in [2.45, 2.75) is 72.6 Å². The largest absolute Gasteiger partial charge is 0.126 e. The molecule has 0 fully saturated rings. The Morgan fingerprint density at radius 1 is 0.667 bits per heavy atom.